The fourth-order valence-corrected chi connectivity index (χ4v) is 6.49. The molecular formula is C40H72O12S. The summed E-state index contributed by atoms with van der Waals surface area (Å²) in [6.45, 7) is 3.82. The van der Waals surface area contributed by atoms with E-state index in [2.05, 4.69) is 54.5 Å². The van der Waals surface area contributed by atoms with Gasteiger partial charge in [0.05, 0.1) is 19.8 Å². The van der Waals surface area contributed by atoms with Gasteiger partial charge in [-0.05, 0) is 44.9 Å². The van der Waals surface area contributed by atoms with Gasteiger partial charge in [-0.2, -0.15) is 8.42 Å². The number of carbonyl (C=O) groups is 1. The van der Waals surface area contributed by atoms with E-state index in [9.17, 15) is 28.5 Å². The second-order valence-electron chi connectivity index (χ2n) is 13.9. The van der Waals surface area contributed by atoms with E-state index >= 15 is 0 Å². The van der Waals surface area contributed by atoms with E-state index in [0.29, 0.717) is 13.0 Å². The van der Waals surface area contributed by atoms with Crippen LogP contribution in [0.1, 0.15) is 149 Å². The lowest BCUT2D eigenvalue weighted by atomic mass is 9.99. The number of esters is 1. The first kappa shape index (κ1) is 49.3. The number of hydrogen-bond acceptors (Lipinski definition) is 11. The number of carbonyl (C=O) groups excluding carboxylic acids is 1. The molecule has 1 saturated heterocycles. The molecule has 0 aromatic rings. The highest BCUT2D eigenvalue weighted by molar-refractivity contribution is 7.80. The Morgan fingerprint density at radius 3 is 1.89 bits per heavy atom. The number of unbranched alkanes of at least 4 members (excludes halogenated alkanes) is 15. The third kappa shape index (κ3) is 26.7. The van der Waals surface area contributed by atoms with Gasteiger partial charge in [0, 0.05) is 13.0 Å². The van der Waals surface area contributed by atoms with E-state index in [4.69, 9.17) is 23.5 Å². The molecule has 1 fully saturated rings. The molecule has 1 aliphatic rings. The number of ether oxygens (including phenoxy) is 4. The van der Waals surface area contributed by atoms with Crippen LogP contribution >= 0.6 is 0 Å². The van der Waals surface area contributed by atoms with Gasteiger partial charge >= 0.3 is 16.4 Å². The Bertz CT molecular complexity index is 1080. The lowest BCUT2D eigenvalue weighted by molar-refractivity contribution is -0.301. The van der Waals surface area contributed by atoms with Gasteiger partial charge < -0.3 is 34.3 Å². The molecule has 0 saturated carbocycles. The van der Waals surface area contributed by atoms with E-state index < -0.39 is 59.8 Å². The van der Waals surface area contributed by atoms with Crippen LogP contribution in [-0.4, -0.2) is 97.5 Å². The van der Waals surface area contributed by atoms with Gasteiger partial charge in [-0.1, -0.05) is 134 Å². The minimum Gasteiger partial charge on any atom is -0.457 e. The number of rotatable bonds is 34. The van der Waals surface area contributed by atoms with Crippen molar-refractivity contribution in [3.05, 3.63) is 36.5 Å². The van der Waals surface area contributed by atoms with Crippen molar-refractivity contribution in [1.82, 2.24) is 0 Å². The molecule has 6 unspecified atom stereocenters. The zero-order valence-electron chi connectivity index (χ0n) is 32.6. The molecule has 1 heterocycles. The Hall–Kier alpha value is -1.68. The molecule has 4 N–H and O–H groups in total. The van der Waals surface area contributed by atoms with Crippen LogP contribution in [0, 0.1) is 0 Å². The van der Waals surface area contributed by atoms with Crippen molar-refractivity contribution in [3.63, 3.8) is 0 Å². The van der Waals surface area contributed by atoms with Crippen molar-refractivity contribution >= 4 is 16.4 Å². The first-order valence-corrected chi connectivity index (χ1v) is 21.6. The van der Waals surface area contributed by atoms with E-state index in [1.807, 2.05) is 0 Å². The fourth-order valence-electron chi connectivity index (χ4n) is 5.98. The molecule has 13 heteroatoms. The maximum absolute atomic E-state index is 12.8. The highest BCUT2D eigenvalue weighted by atomic mass is 32.3. The van der Waals surface area contributed by atoms with Crippen LogP contribution in [-0.2, 0) is 38.3 Å². The summed E-state index contributed by atoms with van der Waals surface area (Å²) in [4.78, 5) is 12.8. The molecular weight excluding hydrogens is 704 g/mol. The van der Waals surface area contributed by atoms with Crippen LogP contribution in [0.3, 0.4) is 0 Å². The number of aliphatic hydroxyl groups excluding tert-OH is 3. The van der Waals surface area contributed by atoms with Crippen LogP contribution in [0.15, 0.2) is 36.5 Å². The number of aliphatic hydroxyl groups is 3. The summed E-state index contributed by atoms with van der Waals surface area (Å²) in [5, 5.41) is 30.5. The highest BCUT2D eigenvalue weighted by Gasteiger charge is 2.48. The Morgan fingerprint density at radius 2 is 1.30 bits per heavy atom. The molecule has 0 spiro atoms. The quantitative estimate of drug-likeness (QED) is 0.0220. The molecule has 12 nitrogen and oxygen atoms in total. The lowest BCUT2D eigenvalue weighted by Crippen LogP contribution is -2.60. The molecule has 6 atom stereocenters. The maximum atomic E-state index is 12.8. The van der Waals surface area contributed by atoms with Crippen LogP contribution in [0.5, 0.6) is 0 Å². The molecule has 1 aliphatic heterocycles. The summed E-state index contributed by atoms with van der Waals surface area (Å²) in [5.41, 5.74) is 0. The van der Waals surface area contributed by atoms with Gasteiger partial charge in [0.25, 0.3) is 0 Å². The van der Waals surface area contributed by atoms with Crippen molar-refractivity contribution in [2.24, 2.45) is 0 Å². The van der Waals surface area contributed by atoms with E-state index in [-0.39, 0.29) is 19.6 Å². The summed E-state index contributed by atoms with van der Waals surface area (Å²) in [6.07, 6.45) is 26.2. The van der Waals surface area contributed by atoms with Crippen LogP contribution in [0.4, 0.5) is 0 Å². The average molecular weight is 777 g/mol. The van der Waals surface area contributed by atoms with Gasteiger partial charge in [0.2, 0.25) is 0 Å². The largest absolute Gasteiger partial charge is 0.457 e. The molecule has 0 aromatic heterocycles. The van der Waals surface area contributed by atoms with Crippen molar-refractivity contribution in [3.8, 4) is 0 Å². The predicted molar refractivity (Wildman–Crippen MR) is 207 cm³/mol. The molecule has 0 bridgehead atoms. The lowest BCUT2D eigenvalue weighted by Gasteiger charge is -2.41. The summed E-state index contributed by atoms with van der Waals surface area (Å²) in [5.74, 6) is -0.428. The summed E-state index contributed by atoms with van der Waals surface area (Å²) in [6, 6.07) is 0. The van der Waals surface area contributed by atoms with E-state index in [1.165, 1.54) is 64.2 Å². The second-order valence-corrected chi connectivity index (χ2v) is 14.9. The summed E-state index contributed by atoms with van der Waals surface area (Å²) < 4.78 is 58.8. The number of hydrogen-bond donors (Lipinski definition) is 4. The van der Waals surface area contributed by atoms with Gasteiger partial charge in [0.1, 0.15) is 30.5 Å². The summed E-state index contributed by atoms with van der Waals surface area (Å²) in [7, 11) is -5.06. The molecule has 1 rings (SSSR count). The second kappa shape index (κ2) is 32.6. The highest BCUT2D eigenvalue weighted by Crippen LogP contribution is 2.26. The van der Waals surface area contributed by atoms with Gasteiger partial charge in [-0.15, -0.1) is 0 Å². The molecule has 0 aromatic carbocycles. The normalized spacial score (nSPS) is 21.7. The van der Waals surface area contributed by atoms with E-state index in [1.54, 1.807) is 0 Å². The maximum Gasteiger partial charge on any atom is 0.397 e. The van der Waals surface area contributed by atoms with Crippen molar-refractivity contribution in [2.75, 3.05) is 26.4 Å². The SMILES string of the molecule is CC/C=C\C/C=C\C/C=C\CCCCCC(=O)OC(COCCCCCCCCCCCCCCC)COC1OC(CO)C(O)C(OS(=O)(=O)O)C1O. The molecule has 0 radical (unpaired) electrons. The first-order chi connectivity index (χ1) is 25.6. The Morgan fingerprint density at radius 1 is 0.736 bits per heavy atom. The zero-order valence-corrected chi connectivity index (χ0v) is 33.4. The Balaban J connectivity index is 2.51. The molecule has 310 valence electrons. The predicted octanol–water partition coefficient (Wildman–Crippen LogP) is 7.46. The van der Waals surface area contributed by atoms with Crippen LogP contribution in [0.25, 0.3) is 0 Å². The van der Waals surface area contributed by atoms with E-state index in [0.717, 1.165) is 57.8 Å². The minimum absolute atomic E-state index is 0.0257. The Labute approximate surface area is 320 Å². The average Bonchev–Trinajstić information content (AvgIpc) is 3.12. The van der Waals surface area contributed by atoms with Crippen LogP contribution < -0.4 is 0 Å². The van der Waals surface area contributed by atoms with Crippen molar-refractivity contribution < 1.29 is 56.2 Å². The summed E-state index contributed by atoms with van der Waals surface area (Å²) >= 11 is 0. The molecule has 0 amide bonds. The molecule has 53 heavy (non-hydrogen) atoms. The van der Waals surface area contributed by atoms with Crippen molar-refractivity contribution in [2.45, 2.75) is 185 Å². The topological polar surface area (TPSA) is 178 Å². The van der Waals surface area contributed by atoms with Crippen LogP contribution in [0.2, 0.25) is 0 Å². The minimum atomic E-state index is -5.06. The fraction of sp³-hybridized carbons (Fsp3) is 0.825. The first-order valence-electron chi connectivity index (χ1n) is 20.2. The smallest absolute Gasteiger partial charge is 0.397 e. The van der Waals surface area contributed by atoms with Gasteiger partial charge in [0.15, 0.2) is 6.29 Å². The van der Waals surface area contributed by atoms with Crippen molar-refractivity contribution in [1.29, 1.82) is 0 Å². The Kier molecular flexibility index (Phi) is 30.3. The molecule has 0 aliphatic carbocycles. The third-order valence-electron chi connectivity index (χ3n) is 9.03. The zero-order chi connectivity index (χ0) is 39.0. The standard InChI is InChI=1S/C40H72O12S/c1-3-5-7-9-11-13-15-17-19-21-23-25-27-29-36(42)50-34(32-48-30-28-26-24-22-20-18-16-14-12-10-8-6-4-2)33-49-40-38(44)39(52-53(45,46)47)37(43)35(31-41)51-40/h5,7,11,13,17,19,34-35,37-41,43-44H,3-4,6,8-10,12,14-16,18,20-33H2,1-2H3,(H,45,46,47)/b7-5-,13-11-,19-17-. The van der Waals surface area contributed by atoms with Gasteiger partial charge in [-0.25, -0.2) is 4.18 Å². The third-order valence-corrected chi connectivity index (χ3v) is 9.49. The number of allylic oxidation sites excluding steroid dienone is 6. The monoisotopic (exact) mass is 776 g/mol. The van der Waals surface area contributed by atoms with Gasteiger partial charge in [-0.3, -0.25) is 9.35 Å².